The number of nitrogens with one attached hydrogen (secondary N) is 1. The van der Waals surface area contributed by atoms with Crippen molar-refractivity contribution >= 4 is 27.7 Å². The molecule has 0 spiro atoms. The molecule has 37 heavy (non-hydrogen) atoms. The molecular weight excluding hydrogens is 502 g/mol. The van der Waals surface area contributed by atoms with Gasteiger partial charge in [0.1, 0.15) is 5.37 Å². The second-order valence-corrected chi connectivity index (χ2v) is 12.1. The molecular formula is C29H35N3O3S2. The Hall–Kier alpha value is -2.65. The van der Waals surface area contributed by atoms with Crippen LogP contribution in [0.25, 0.3) is 11.1 Å². The third kappa shape index (κ3) is 6.62. The van der Waals surface area contributed by atoms with Gasteiger partial charge in [-0.15, -0.1) is 11.8 Å². The summed E-state index contributed by atoms with van der Waals surface area (Å²) in [6.45, 7) is 7.30. The van der Waals surface area contributed by atoms with Gasteiger partial charge in [-0.2, -0.15) is 4.31 Å². The van der Waals surface area contributed by atoms with Crippen LogP contribution in [0.15, 0.2) is 89.8 Å². The van der Waals surface area contributed by atoms with Crippen LogP contribution in [0.3, 0.4) is 0 Å². The van der Waals surface area contributed by atoms with Crippen molar-refractivity contribution in [3.63, 3.8) is 0 Å². The zero-order valence-corrected chi connectivity index (χ0v) is 23.0. The lowest BCUT2D eigenvalue weighted by atomic mass is 10.0. The lowest BCUT2D eigenvalue weighted by Crippen LogP contribution is -2.46. The molecule has 0 aromatic heterocycles. The normalized spacial score (nSPS) is 17.1. The van der Waals surface area contributed by atoms with Crippen LogP contribution in [0.5, 0.6) is 0 Å². The summed E-state index contributed by atoms with van der Waals surface area (Å²) in [5.74, 6) is 0.315. The van der Waals surface area contributed by atoms with Gasteiger partial charge in [-0.05, 0) is 48.3 Å². The van der Waals surface area contributed by atoms with Gasteiger partial charge in [0.05, 0.1) is 10.9 Å². The van der Waals surface area contributed by atoms with Crippen LogP contribution in [0.1, 0.15) is 31.9 Å². The standard InChI is InChI=1S/C29H35N3O3S2/c1-3-31(4-2)20-19-27(25-13-9-6-10-14-25)30-28(33)29-32(21-22-36-29)37(34,35)26-17-15-24(16-18-26)23-11-7-5-8-12-23/h5-18,27,29H,3-4,19-22H2,1-2H3,(H,30,33)/t27-,29-/m0/s1. The van der Waals surface area contributed by atoms with Crippen LogP contribution < -0.4 is 5.32 Å². The van der Waals surface area contributed by atoms with Crippen molar-refractivity contribution in [1.82, 2.24) is 14.5 Å². The minimum Gasteiger partial charge on any atom is -0.347 e. The summed E-state index contributed by atoms with van der Waals surface area (Å²) in [6.07, 6.45) is 0.752. The molecule has 0 unspecified atom stereocenters. The van der Waals surface area contributed by atoms with Crippen LogP contribution in [-0.2, 0) is 14.8 Å². The van der Waals surface area contributed by atoms with Crippen molar-refractivity contribution in [3.8, 4) is 11.1 Å². The molecule has 6 nitrogen and oxygen atoms in total. The number of carbonyl (C=O) groups is 1. The molecule has 1 amide bonds. The molecule has 0 bridgehead atoms. The Kier molecular flexibility index (Phi) is 9.43. The van der Waals surface area contributed by atoms with Crippen molar-refractivity contribution in [2.75, 3.05) is 31.9 Å². The van der Waals surface area contributed by atoms with E-state index in [9.17, 15) is 13.2 Å². The number of sulfonamides is 1. The highest BCUT2D eigenvalue weighted by molar-refractivity contribution is 8.02. The van der Waals surface area contributed by atoms with E-state index in [1.165, 1.54) is 16.1 Å². The Morgan fingerprint density at radius 2 is 1.54 bits per heavy atom. The van der Waals surface area contributed by atoms with E-state index in [-0.39, 0.29) is 16.8 Å². The van der Waals surface area contributed by atoms with Crippen LogP contribution in [0.2, 0.25) is 0 Å². The number of rotatable bonds is 11. The van der Waals surface area contributed by atoms with Crippen LogP contribution in [-0.4, -0.2) is 60.8 Å². The lowest BCUT2D eigenvalue weighted by Gasteiger charge is -2.27. The fraction of sp³-hybridized carbons (Fsp3) is 0.345. The second-order valence-electron chi connectivity index (χ2n) is 9.02. The van der Waals surface area contributed by atoms with Gasteiger partial charge in [0, 0.05) is 18.8 Å². The van der Waals surface area contributed by atoms with Gasteiger partial charge in [-0.3, -0.25) is 4.79 Å². The zero-order valence-electron chi connectivity index (χ0n) is 21.4. The van der Waals surface area contributed by atoms with Gasteiger partial charge in [0.25, 0.3) is 0 Å². The molecule has 1 saturated heterocycles. The lowest BCUT2D eigenvalue weighted by molar-refractivity contribution is -0.123. The summed E-state index contributed by atoms with van der Waals surface area (Å²) in [4.78, 5) is 16.0. The highest BCUT2D eigenvalue weighted by Crippen LogP contribution is 2.32. The summed E-state index contributed by atoms with van der Waals surface area (Å²) >= 11 is 1.38. The molecule has 196 valence electrons. The van der Waals surface area contributed by atoms with E-state index in [0.29, 0.717) is 12.3 Å². The summed E-state index contributed by atoms with van der Waals surface area (Å²) in [7, 11) is -3.82. The fourth-order valence-corrected chi connectivity index (χ4v) is 7.68. The Balaban J connectivity index is 1.50. The van der Waals surface area contributed by atoms with Crippen molar-refractivity contribution < 1.29 is 13.2 Å². The van der Waals surface area contributed by atoms with E-state index in [0.717, 1.165) is 42.7 Å². The van der Waals surface area contributed by atoms with Crippen molar-refractivity contribution in [1.29, 1.82) is 0 Å². The molecule has 1 N–H and O–H groups in total. The Morgan fingerprint density at radius 3 is 2.16 bits per heavy atom. The summed E-state index contributed by atoms with van der Waals surface area (Å²) in [5, 5.41) is 2.38. The molecule has 0 radical (unpaired) electrons. The van der Waals surface area contributed by atoms with Crippen molar-refractivity contribution in [3.05, 3.63) is 90.5 Å². The van der Waals surface area contributed by atoms with Gasteiger partial charge < -0.3 is 10.2 Å². The molecule has 4 rings (SSSR count). The second kappa shape index (κ2) is 12.7. The quantitative estimate of drug-likeness (QED) is 0.373. The Morgan fingerprint density at radius 1 is 0.946 bits per heavy atom. The maximum absolute atomic E-state index is 13.6. The average Bonchev–Trinajstić information content (AvgIpc) is 3.45. The van der Waals surface area contributed by atoms with Gasteiger partial charge in [0.15, 0.2) is 0 Å². The molecule has 2 atom stereocenters. The van der Waals surface area contributed by atoms with Gasteiger partial charge in [-0.1, -0.05) is 86.6 Å². The number of amides is 1. The number of hydrogen-bond donors (Lipinski definition) is 1. The van der Waals surface area contributed by atoms with Crippen LogP contribution in [0, 0.1) is 0 Å². The first-order valence-electron chi connectivity index (χ1n) is 12.8. The highest BCUT2D eigenvalue weighted by Gasteiger charge is 2.40. The Bertz CT molecular complexity index is 1250. The third-order valence-corrected chi connectivity index (χ3v) is 10.0. The first-order chi connectivity index (χ1) is 17.9. The highest BCUT2D eigenvalue weighted by atomic mass is 32.2. The van der Waals surface area contributed by atoms with Gasteiger partial charge in [0.2, 0.25) is 15.9 Å². The molecule has 3 aromatic carbocycles. The molecule has 1 aliphatic heterocycles. The van der Waals surface area contributed by atoms with Crippen LogP contribution in [0.4, 0.5) is 0 Å². The average molecular weight is 538 g/mol. The van der Waals surface area contributed by atoms with Gasteiger partial charge >= 0.3 is 0 Å². The largest absolute Gasteiger partial charge is 0.347 e. The SMILES string of the molecule is CCN(CC)CC[C@H](NC(=O)[C@@H]1SCCN1S(=O)(=O)c1ccc(-c2ccccc2)cc1)c1ccccc1. The maximum Gasteiger partial charge on any atom is 0.249 e. The first kappa shape index (κ1) is 27.4. The van der Waals surface area contributed by atoms with E-state index in [4.69, 9.17) is 0 Å². The monoisotopic (exact) mass is 537 g/mol. The smallest absolute Gasteiger partial charge is 0.249 e. The van der Waals surface area contributed by atoms with Crippen molar-refractivity contribution in [2.24, 2.45) is 0 Å². The first-order valence-corrected chi connectivity index (χ1v) is 15.3. The maximum atomic E-state index is 13.6. The summed E-state index contributed by atoms with van der Waals surface area (Å²) in [5.41, 5.74) is 3.00. The van der Waals surface area contributed by atoms with E-state index in [1.54, 1.807) is 12.1 Å². The predicted octanol–water partition coefficient (Wildman–Crippen LogP) is 5.01. The number of hydrogen-bond acceptors (Lipinski definition) is 5. The number of thioether (sulfide) groups is 1. The third-order valence-electron chi connectivity index (χ3n) is 6.79. The minimum absolute atomic E-state index is 0.190. The van der Waals surface area contributed by atoms with Crippen molar-refractivity contribution in [2.45, 2.75) is 36.6 Å². The number of carbonyl (C=O) groups excluding carboxylic acids is 1. The topological polar surface area (TPSA) is 69.7 Å². The molecule has 1 aliphatic rings. The Labute approximate surface area is 225 Å². The van der Waals surface area contributed by atoms with Gasteiger partial charge in [-0.25, -0.2) is 8.42 Å². The predicted molar refractivity (Wildman–Crippen MR) is 152 cm³/mol. The van der Waals surface area contributed by atoms with Crippen LogP contribution >= 0.6 is 11.8 Å². The van der Waals surface area contributed by atoms with E-state index >= 15 is 0 Å². The number of nitrogens with zero attached hydrogens (tertiary/aromatic N) is 2. The molecule has 1 fully saturated rings. The molecule has 0 saturated carbocycles. The fourth-order valence-electron chi connectivity index (χ4n) is 4.59. The summed E-state index contributed by atoms with van der Waals surface area (Å²) in [6, 6.07) is 26.5. The molecule has 8 heteroatoms. The number of benzene rings is 3. The zero-order chi connectivity index (χ0) is 26.3. The van der Waals surface area contributed by atoms with E-state index in [1.807, 2.05) is 72.8 Å². The molecule has 3 aromatic rings. The minimum atomic E-state index is -3.82. The summed E-state index contributed by atoms with van der Waals surface area (Å²) < 4.78 is 28.5. The van der Waals surface area contributed by atoms with E-state index < -0.39 is 15.4 Å². The molecule has 1 heterocycles. The molecule has 0 aliphatic carbocycles. The van der Waals surface area contributed by atoms with E-state index in [2.05, 4.69) is 24.1 Å².